The summed E-state index contributed by atoms with van der Waals surface area (Å²) in [4.78, 5) is 11.1. The predicted octanol–water partition coefficient (Wildman–Crippen LogP) is 2.07. The number of nitrogens with zero attached hydrogens (tertiary/aromatic N) is 3. The Hall–Kier alpha value is -2.14. The van der Waals surface area contributed by atoms with E-state index in [1.165, 1.54) is 5.56 Å². The quantitative estimate of drug-likeness (QED) is 0.916. The average Bonchev–Trinajstić information content (AvgIpc) is 2.61. The first-order valence-electron chi connectivity index (χ1n) is 7.78. The number of benzene rings is 1. The molecule has 0 saturated carbocycles. The van der Waals surface area contributed by atoms with Crippen molar-refractivity contribution in [2.75, 3.05) is 37.7 Å². The fraction of sp³-hybridized carbons (Fsp3) is 0.412. The molecule has 1 fully saturated rings. The number of aromatic nitrogens is 2. The topological polar surface area (TPSA) is 50.3 Å². The van der Waals surface area contributed by atoms with Gasteiger partial charge in [0.2, 0.25) is 5.88 Å². The minimum Gasteiger partial charge on any atom is -0.476 e. The summed E-state index contributed by atoms with van der Waals surface area (Å²) in [7, 11) is 0. The van der Waals surface area contributed by atoms with Crippen LogP contribution in [0.25, 0.3) is 0 Å². The highest BCUT2D eigenvalue weighted by atomic mass is 16.5. The van der Waals surface area contributed by atoms with E-state index in [2.05, 4.69) is 51.4 Å². The second-order valence-corrected chi connectivity index (χ2v) is 5.58. The highest BCUT2D eigenvalue weighted by molar-refractivity contribution is 5.38. The van der Waals surface area contributed by atoms with Gasteiger partial charge in [0.15, 0.2) is 5.82 Å². The van der Waals surface area contributed by atoms with Gasteiger partial charge < -0.3 is 15.0 Å². The van der Waals surface area contributed by atoms with Gasteiger partial charge in [0.05, 0.1) is 19.0 Å². The molecule has 2 heterocycles. The molecule has 1 aromatic heterocycles. The predicted molar refractivity (Wildman–Crippen MR) is 87.5 cm³/mol. The largest absolute Gasteiger partial charge is 0.476 e. The molecule has 1 aliphatic heterocycles. The molecule has 1 aliphatic rings. The number of piperazine rings is 1. The second-order valence-electron chi connectivity index (χ2n) is 5.58. The van der Waals surface area contributed by atoms with Crippen LogP contribution in [0.3, 0.4) is 0 Å². The third kappa shape index (κ3) is 3.74. The molecule has 116 valence electrons. The van der Waals surface area contributed by atoms with Crippen LogP contribution in [0.15, 0.2) is 42.7 Å². The second kappa shape index (κ2) is 7.22. The third-order valence-corrected chi connectivity index (χ3v) is 3.89. The summed E-state index contributed by atoms with van der Waals surface area (Å²) >= 11 is 0. The molecular weight excluding hydrogens is 276 g/mol. The third-order valence-electron chi connectivity index (χ3n) is 3.89. The molecule has 1 unspecified atom stereocenters. The summed E-state index contributed by atoms with van der Waals surface area (Å²) in [6.45, 7) is 6.64. The van der Waals surface area contributed by atoms with Crippen molar-refractivity contribution in [2.24, 2.45) is 0 Å². The highest BCUT2D eigenvalue weighted by Crippen LogP contribution is 2.18. The van der Waals surface area contributed by atoms with Crippen LogP contribution in [0.4, 0.5) is 5.82 Å². The standard InChI is InChI=1S/C17H22N4O/c1-14(15-5-3-2-4-6-15)13-22-17-12-19-11-16(20-17)21-9-7-18-8-10-21/h2-6,11-12,14,18H,7-10,13H2,1H3. The van der Waals surface area contributed by atoms with Crippen molar-refractivity contribution in [1.29, 1.82) is 0 Å². The van der Waals surface area contributed by atoms with Crippen molar-refractivity contribution in [3.8, 4) is 5.88 Å². The smallest absolute Gasteiger partial charge is 0.234 e. The van der Waals surface area contributed by atoms with Gasteiger partial charge in [0.1, 0.15) is 0 Å². The molecule has 0 aliphatic carbocycles. The van der Waals surface area contributed by atoms with E-state index in [0.717, 1.165) is 32.0 Å². The molecule has 1 saturated heterocycles. The monoisotopic (exact) mass is 298 g/mol. The fourth-order valence-electron chi connectivity index (χ4n) is 2.54. The van der Waals surface area contributed by atoms with Crippen molar-refractivity contribution in [2.45, 2.75) is 12.8 Å². The normalized spacial score (nSPS) is 16.3. The maximum atomic E-state index is 5.84. The van der Waals surface area contributed by atoms with Crippen LogP contribution >= 0.6 is 0 Å². The summed E-state index contributed by atoms with van der Waals surface area (Å²) < 4.78 is 5.84. The maximum absolute atomic E-state index is 5.84. The van der Waals surface area contributed by atoms with Gasteiger partial charge in [-0.25, -0.2) is 0 Å². The first-order chi connectivity index (χ1) is 10.8. The first-order valence-corrected chi connectivity index (χ1v) is 7.78. The van der Waals surface area contributed by atoms with E-state index in [-0.39, 0.29) is 0 Å². The Bertz CT molecular complexity index is 584. The SMILES string of the molecule is CC(COc1cncc(N2CCNCC2)n1)c1ccccc1. The van der Waals surface area contributed by atoms with Crippen LogP contribution < -0.4 is 15.0 Å². The van der Waals surface area contributed by atoms with E-state index in [9.17, 15) is 0 Å². The zero-order valence-corrected chi connectivity index (χ0v) is 12.9. The van der Waals surface area contributed by atoms with Gasteiger partial charge in [-0.3, -0.25) is 4.98 Å². The summed E-state index contributed by atoms with van der Waals surface area (Å²) in [6.07, 6.45) is 3.49. The van der Waals surface area contributed by atoms with Crippen molar-refractivity contribution in [3.05, 3.63) is 48.3 Å². The average molecular weight is 298 g/mol. The fourth-order valence-corrected chi connectivity index (χ4v) is 2.54. The molecule has 0 spiro atoms. The maximum Gasteiger partial charge on any atom is 0.234 e. The number of rotatable bonds is 5. The number of ether oxygens (including phenoxy) is 1. The minimum absolute atomic E-state index is 0.325. The molecule has 1 N–H and O–H groups in total. The lowest BCUT2D eigenvalue weighted by Crippen LogP contribution is -2.43. The van der Waals surface area contributed by atoms with Crippen molar-refractivity contribution < 1.29 is 4.74 Å². The lowest BCUT2D eigenvalue weighted by Gasteiger charge is -2.28. The van der Waals surface area contributed by atoms with Crippen molar-refractivity contribution >= 4 is 5.82 Å². The molecule has 1 aromatic carbocycles. The lowest BCUT2D eigenvalue weighted by molar-refractivity contribution is 0.283. The van der Waals surface area contributed by atoms with Gasteiger partial charge in [-0.2, -0.15) is 4.98 Å². The number of hydrogen-bond acceptors (Lipinski definition) is 5. The highest BCUT2D eigenvalue weighted by Gasteiger charge is 2.13. The molecule has 0 amide bonds. The number of anilines is 1. The van der Waals surface area contributed by atoms with E-state index in [0.29, 0.717) is 18.4 Å². The van der Waals surface area contributed by atoms with Crippen LogP contribution in [-0.4, -0.2) is 42.8 Å². The summed E-state index contributed by atoms with van der Waals surface area (Å²) in [5.41, 5.74) is 1.27. The van der Waals surface area contributed by atoms with E-state index in [4.69, 9.17) is 4.74 Å². The Morgan fingerprint density at radius 3 is 2.73 bits per heavy atom. The number of hydrogen-bond donors (Lipinski definition) is 1. The minimum atomic E-state index is 0.325. The molecular formula is C17H22N4O. The lowest BCUT2D eigenvalue weighted by atomic mass is 10.0. The van der Waals surface area contributed by atoms with Gasteiger partial charge in [-0.15, -0.1) is 0 Å². The zero-order valence-electron chi connectivity index (χ0n) is 12.9. The Balaban J connectivity index is 1.60. The van der Waals surface area contributed by atoms with Gasteiger partial charge in [-0.1, -0.05) is 37.3 Å². The molecule has 0 bridgehead atoms. The molecule has 0 radical (unpaired) electrons. The van der Waals surface area contributed by atoms with Gasteiger partial charge in [0, 0.05) is 32.1 Å². The van der Waals surface area contributed by atoms with Crippen LogP contribution in [0.5, 0.6) is 5.88 Å². The van der Waals surface area contributed by atoms with E-state index in [1.54, 1.807) is 12.4 Å². The van der Waals surface area contributed by atoms with Crippen LogP contribution in [0.1, 0.15) is 18.4 Å². The van der Waals surface area contributed by atoms with Crippen molar-refractivity contribution in [3.63, 3.8) is 0 Å². The Morgan fingerprint density at radius 1 is 1.18 bits per heavy atom. The molecule has 22 heavy (non-hydrogen) atoms. The van der Waals surface area contributed by atoms with E-state index in [1.807, 2.05) is 6.07 Å². The summed E-state index contributed by atoms with van der Waals surface area (Å²) in [6, 6.07) is 10.4. The summed E-state index contributed by atoms with van der Waals surface area (Å²) in [5.74, 6) is 1.82. The van der Waals surface area contributed by atoms with Gasteiger partial charge in [0.25, 0.3) is 0 Å². The molecule has 1 atom stereocenters. The van der Waals surface area contributed by atoms with Crippen LogP contribution in [0, 0.1) is 0 Å². The van der Waals surface area contributed by atoms with Crippen LogP contribution in [0.2, 0.25) is 0 Å². The Kier molecular flexibility index (Phi) is 4.85. The van der Waals surface area contributed by atoms with E-state index >= 15 is 0 Å². The van der Waals surface area contributed by atoms with Crippen LogP contribution in [-0.2, 0) is 0 Å². The molecule has 5 heteroatoms. The van der Waals surface area contributed by atoms with Crippen molar-refractivity contribution in [1.82, 2.24) is 15.3 Å². The van der Waals surface area contributed by atoms with E-state index < -0.39 is 0 Å². The Morgan fingerprint density at radius 2 is 1.95 bits per heavy atom. The first kappa shape index (κ1) is 14.8. The van der Waals surface area contributed by atoms with Gasteiger partial charge in [-0.05, 0) is 5.56 Å². The molecule has 3 rings (SSSR count). The number of nitrogens with one attached hydrogen (secondary N) is 1. The summed E-state index contributed by atoms with van der Waals surface area (Å²) in [5, 5.41) is 3.34. The molecule has 5 nitrogen and oxygen atoms in total. The van der Waals surface area contributed by atoms with Gasteiger partial charge >= 0.3 is 0 Å². The Labute approximate surface area is 131 Å². The molecule has 2 aromatic rings. The zero-order chi connectivity index (χ0) is 15.2.